The third-order valence-electron chi connectivity index (χ3n) is 5.01. The Kier molecular flexibility index (Phi) is 7.22. The number of hydrogen-bond acceptors (Lipinski definition) is 7. The van der Waals surface area contributed by atoms with Crippen LogP contribution in [0.5, 0.6) is 0 Å². The van der Waals surface area contributed by atoms with E-state index in [1.807, 2.05) is 32.0 Å². The summed E-state index contributed by atoms with van der Waals surface area (Å²) in [5, 5.41) is 3.54. The number of nitrogens with zero attached hydrogens (tertiary/aromatic N) is 3. The molecule has 1 N–H and O–H groups in total. The van der Waals surface area contributed by atoms with Gasteiger partial charge >= 0.3 is 5.97 Å². The number of nitrogens with one attached hydrogen (secondary N) is 1. The lowest BCUT2D eigenvalue weighted by Gasteiger charge is -2.34. The largest absolute Gasteiger partial charge is 0.462 e. The first-order valence-corrected chi connectivity index (χ1v) is 10.8. The number of ether oxygens (including phenoxy) is 1. The second kappa shape index (κ2) is 9.84. The van der Waals surface area contributed by atoms with Crippen molar-refractivity contribution in [2.45, 2.75) is 27.2 Å². The molecule has 0 atom stereocenters. The summed E-state index contributed by atoms with van der Waals surface area (Å²) in [6.45, 7) is 9.61. The number of amides is 1. The van der Waals surface area contributed by atoms with Gasteiger partial charge in [0, 0.05) is 37.3 Å². The third kappa shape index (κ3) is 5.13. The van der Waals surface area contributed by atoms with E-state index in [0.717, 1.165) is 48.9 Å². The van der Waals surface area contributed by atoms with Crippen molar-refractivity contribution in [3.63, 3.8) is 0 Å². The van der Waals surface area contributed by atoms with Gasteiger partial charge in [0.05, 0.1) is 18.7 Å². The predicted octanol–water partition coefficient (Wildman–Crippen LogP) is 2.95. The van der Waals surface area contributed by atoms with E-state index in [4.69, 9.17) is 4.74 Å². The summed E-state index contributed by atoms with van der Waals surface area (Å²) < 4.78 is 5.20. The van der Waals surface area contributed by atoms with E-state index >= 15 is 0 Å². The second-order valence-electron chi connectivity index (χ2n) is 6.91. The number of aryl methyl sites for hydroxylation is 1. The minimum Gasteiger partial charge on any atom is -0.462 e. The van der Waals surface area contributed by atoms with Crippen LogP contribution in [0.4, 0.5) is 10.8 Å². The van der Waals surface area contributed by atoms with Crippen LogP contribution in [0.15, 0.2) is 24.4 Å². The van der Waals surface area contributed by atoms with Crippen LogP contribution in [0.1, 0.15) is 34.6 Å². The Balaban J connectivity index is 1.59. The van der Waals surface area contributed by atoms with Crippen LogP contribution in [-0.4, -0.2) is 61.1 Å². The second-order valence-corrected chi connectivity index (χ2v) is 8.14. The molecule has 1 fully saturated rings. The number of esters is 1. The van der Waals surface area contributed by atoms with Gasteiger partial charge in [0.1, 0.15) is 10.8 Å². The first-order valence-electron chi connectivity index (χ1n) is 10.0. The molecule has 3 rings (SSSR count). The molecule has 0 saturated carbocycles. The predicted molar refractivity (Wildman–Crippen MR) is 116 cm³/mol. The van der Waals surface area contributed by atoms with E-state index in [2.05, 4.69) is 20.1 Å². The zero-order valence-corrected chi connectivity index (χ0v) is 18.1. The van der Waals surface area contributed by atoms with Crippen molar-refractivity contribution in [2.75, 3.05) is 49.5 Å². The van der Waals surface area contributed by atoms with E-state index in [1.165, 1.54) is 11.3 Å². The van der Waals surface area contributed by atoms with Gasteiger partial charge < -0.3 is 15.0 Å². The monoisotopic (exact) mass is 416 g/mol. The lowest BCUT2D eigenvalue weighted by atomic mass is 10.1. The summed E-state index contributed by atoms with van der Waals surface area (Å²) in [6, 6.07) is 5.89. The van der Waals surface area contributed by atoms with Crippen molar-refractivity contribution in [1.82, 2.24) is 9.88 Å². The Bertz CT molecular complexity index is 845. The summed E-state index contributed by atoms with van der Waals surface area (Å²) in [5.74, 6) is 0.496. The molecule has 7 nitrogen and oxygen atoms in total. The van der Waals surface area contributed by atoms with E-state index < -0.39 is 0 Å². The molecule has 1 amide bonds. The molecule has 0 radical (unpaired) electrons. The summed E-state index contributed by atoms with van der Waals surface area (Å²) in [6.07, 6.45) is 2.52. The van der Waals surface area contributed by atoms with Crippen molar-refractivity contribution < 1.29 is 14.3 Å². The van der Waals surface area contributed by atoms with Crippen LogP contribution in [0.25, 0.3) is 0 Å². The van der Waals surface area contributed by atoms with Gasteiger partial charge in [-0.05, 0) is 38.0 Å². The van der Waals surface area contributed by atoms with Gasteiger partial charge in [-0.1, -0.05) is 13.0 Å². The highest BCUT2D eigenvalue weighted by Crippen LogP contribution is 2.34. The van der Waals surface area contributed by atoms with E-state index in [1.54, 1.807) is 13.1 Å². The molecule has 0 spiro atoms. The number of carbonyl (C=O) groups is 2. The maximum absolute atomic E-state index is 12.6. The highest BCUT2D eigenvalue weighted by atomic mass is 32.1. The minimum atomic E-state index is -0.368. The van der Waals surface area contributed by atoms with Crippen LogP contribution >= 0.6 is 11.3 Å². The molecule has 156 valence electrons. The van der Waals surface area contributed by atoms with Gasteiger partial charge in [-0.3, -0.25) is 9.69 Å². The normalized spacial score (nSPS) is 14.7. The summed E-state index contributed by atoms with van der Waals surface area (Å²) in [7, 11) is 0. The number of anilines is 2. The first-order chi connectivity index (χ1) is 14.0. The van der Waals surface area contributed by atoms with Crippen LogP contribution in [0, 0.1) is 6.92 Å². The quantitative estimate of drug-likeness (QED) is 0.700. The number of hydrogen-bond donors (Lipinski definition) is 1. The molecule has 1 aliphatic heterocycles. The molecular formula is C21H28N4O3S. The van der Waals surface area contributed by atoms with Crippen molar-refractivity contribution in [3.05, 3.63) is 40.4 Å². The molecule has 29 heavy (non-hydrogen) atoms. The first kappa shape index (κ1) is 21.3. The topological polar surface area (TPSA) is 74.8 Å². The zero-order chi connectivity index (χ0) is 20.8. The molecule has 0 bridgehead atoms. The lowest BCUT2D eigenvalue weighted by Crippen LogP contribution is -2.48. The van der Waals surface area contributed by atoms with Gasteiger partial charge in [-0.2, -0.15) is 0 Å². The molecule has 2 aromatic rings. The van der Waals surface area contributed by atoms with Crippen LogP contribution in [0.3, 0.4) is 0 Å². The standard InChI is InChI=1S/C21H28N4O3S/c1-4-16-15(3)29-20(19(16)21(27)28-5-2)23-18(26)14-24-10-12-25(13-11-24)17-8-6-7-9-22-17/h6-9H,4-5,10-14H2,1-3H3,(H,23,26). The molecule has 0 aliphatic carbocycles. The van der Waals surface area contributed by atoms with Crippen molar-refractivity contribution in [2.24, 2.45) is 0 Å². The zero-order valence-electron chi connectivity index (χ0n) is 17.2. The maximum atomic E-state index is 12.6. The van der Waals surface area contributed by atoms with Gasteiger partial charge in [-0.25, -0.2) is 9.78 Å². The SMILES string of the molecule is CCOC(=O)c1c(NC(=O)CN2CCN(c3ccccn3)CC2)sc(C)c1CC. The number of pyridine rings is 1. The summed E-state index contributed by atoms with van der Waals surface area (Å²) in [5.41, 5.74) is 1.46. The molecule has 0 aromatic carbocycles. The average molecular weight is 417 g/mol. The molecular weight excluding hydrogens is 388 g/mol. The molecule has 1 saturated heterocycles. The van der Waals surface area contributed by atoms with Gasteiger partial charge in [0.15, 0.2) is 0 Å². The Morgan fingerprint density at radius 3 is 2.59 bits per heavy atom. The van der Waals surface area contributed by atoms with E-state index in [-0.39, 0.29) is 11.9 Å². The number of piperazine rings is 1. The van der Waals surface area contributed by atoms with Crippen molar-refractivity contribution >= 4 is 34.0 Å². The van der Waals surface area contributed by atoms with Crippen LogP contribution in [0.2, 0.25) is 0 Å². The molecule has 0 unspecified atom stereocenters. The highest BCUT2D eigenvalue weighted by Gasteiger charge is 2.25. The number of aromatic nitrogens is 1. The summed E-state index contributed by atoms with van der Waals surface area (Å²) in [4.78, 5) is 34.8. The van der Waals surface area contributed by atoms with E-state index in [0.29, 0.717) is 23.7 Å². The fourth-order valence-corrected chi connectivity index (χ4v) is 4.71. The van der Waals surface area contributed by atoms with Crippen molar-refractivity contribution in [1.29, 1.82) is 0 Å². The smallest absolute Gasteiger partial charge is 0.341 e. The number of thiophene rings is 1. The lowest BCUT2D eigenvalue weighted by molar-refractivity contribution is -0.117. The highest BCUT2D eigenvalue weighted by molar-refractivity contribution is 7.16. The Labute approximate surface area is 175 Å². The van der Waals surface area contributed by atoms with Gasteiger partial charge in [-0.15, -0.1) is 11.3 Å². The fourth-order valence-electron chi connectivity index (χ4n) is 3.56. The molecule has 1 aliphatic rings. The Morgan fingerprint density at radius 1 is 1.21 bits per heavy atom. The molecule has 2 aromatic heterocycles. The van der Waals surface area contributed by atoms with Gasteiger partial charge in [0.25, 0.3) is 0 Å². The fraction of sp³-hybridized carbons (Fsp3) is 0.476. The molecule has 8 heteroatoms. The Hall–Kier alpha value is -2.45. The average Bonchev–Trinajstić information content (AvgIpc) is 3.04. The maximum Gasteiger partial charge on any atom is 0.341 e. The van der Waals surface area contributed by atoms with E-state index in [9.17, 15) is 9.59 Å². The van der Waals surface area contributed by atoms with Crippen LogP contribution in [-0.2, 0) is 16.0 Å². The summed E-state index contributed by atoms with van der Waals surface area (Å²) >= 11 is 1.44. The van der Waals surface area contributed by atoms with Crippen LogP contribution < -0.4 is 10.2 Å². The third-order valence-corrected chi connectivity index (χ3v) is 6.07. The van der Waals surface area contributed by atoms with Gasteiger partial charge in [0.2, 0.25) is 5.91 Å². The number of rotatable bonds is 7. The molecule has 3 heterocycles. The Morgan fingerprint density at radius 2 is 1.97 bits per heavy atom. The van der Waals surface area contributed by atoms with Crippen molar-refractivity contribution in [3.8, 4) is 0 Å². The minimum absolute atomic E-state index is 0.106. The number of carbonyl (C=O) groups excluding carboxylic acids is 2.